The second-order valence-corrected chi connectivity index (χ2v) is 4.96. The van der Waals surface area contributed by atoms with Crippen molar-refractivity contribution < 1.29 is 4.74 Å². The van der Waals surface area contributed by atoms with Crippen LogP contribution in [0.5, 0.6) is 5.88 Å². The normalized spacial score (nSPS) is 24.9. The molecule has 1 aromatic rings. The summed E-state index contributed by atoms with van der Waals surface area (Å²) in [5, 5.41) is 0. The SMILES string of the molecule is Cc1nccnc1OC1CCC(N(C)C)CC1. The Morgan fingerprint density at radius 3 is 2.35 bits per heavy atom. The first-order valence-electron chi connectivity index (χ1n) is 6.27. The van der Waals surface area contributed by atoms with Crippen LogP contribution in [0.1, 0.15) is 31.4 Å². The summed E-state index contributed by atoms with van der Waals surface area (Å²) in [6, 6.07) is 0.706. The molecule has 2 rings (SSSR count). The summed E-state index contributed by atoms with van der Waals surface area (Å²) >= 11 is 0. The van der Waals surface area contributed by atoms with E-state index in [2.05, 4.69) is 29.0 Å². The molecule has 0 bridgehead atoms. The molecule has 1 heterocycles. The minimum absolute atomic E-state index is 0.307. The van der Waals surface area contributed by atoms with Crippen molar-refractivity contribution in [1.82, 2.24) is 14.9 Å². The summed E-state index contributed by atoms with van der Waals surface area (Å²) in [6.45, 7) is 1.94. The smallest absolute Gasteiger partial charge is 0.235 e. The van der Waals surface area contributed by atoms with Gasteiger partial charge in [0, 0.05) is 18.4 Å². The molecule has 1 aliphatic carbocycles. The third-order valence-electron chi connectivity index (χ3n) is 3.49. The Bertz CT molecular complexity index is 359. The summed E-state index contributed by atoms with van der Waals surface area (Å²) in [7, 11) is 4.30. The van der Waals surface area contributed by atoms with E-state index in [1.54, 1.807) is 12.4 Å². The summed E-state index contributed by atoms with van der Waals surface area (Å²) in [5.74, 6) is 0.695. The van der Waals surface area contributed by atoms with Crippen LogP contribution < -0.4 is 4.74 Å². The predicted octanol–water partition coefficient (Wildman–Crippen LogP) is 2.04. The molecule has 1 fully saturated rings. The Morgan fingerprint density at radius 1 is 1.12 bits per heavy atom. The molecular formula is C13H21N3O. The first-order chi connectivity index (χ1) is 8.16. The lowest BCUT2D eigenvalue weighted by Crippen LogP contribution is -2.35. The Labute approximate surface area is 103 Å². The van der Waals surface area contributed by atoms with Crippen molar-refractivity contribution in [1.29, 1.82) is 0 Å². The molecule has 0 N–H and O–H groups in total. The minimum atomic E-state index is 0.307. The molecule has 4 heteroatoms. The van der Waals surface area contributed by atoms with Crippen molar-refractivity contribution >= 4 is 0 Å². The van der Waals surface area contributed by atoms with E-state index in [1.807, 2.05) is 6.92 Å². The Balaban J connectivity index is 1.88. The highest BCUT2D eigenvalue weighted by molar-refractivity contribution is 5.15. The quantitative estimate of drug-likeness (QED) is 0.803. The van der Waals surface area contributed by atoms with Gasteiger partial charge < -0.3 is 9.64 Å². The Hall–Kier alpha value is -1.16. The predicted molar refractivity (Wildman–Crippen MR) is 67.1 cm³/mol. The highest BCUT2D eigenvalue weighted by Gasteiger charge is 2.24. The zero-order valence-corrected chi connectivity index (χ0v) is 10.9. The molecule has 4 nitrogen and oxygen atoms in total. The molecule has 1 aromatic heterocycles. The van der Waals surface area contributed by atoms with E-state index in [9.17, 15) is 0 Å². The third kappa shape index (κ3) is 3.16. The van der Waals surface area contributed by atoms with Crippen LogP contribution in [-0.2, 0) is 0 Å². The molecular weight excluding hydrogens is 214 g/mol. The summed E-state index contributed by atoms with van der Waals surface area (Å²) in [5.41, 5.74) is 0.877. The molecule has 17 heavy (non-hydrogen) atoms. The van der Waals surface area contributed by atoms with Crippen molar-refractivity contribution in [3.63, 3.8) is 0 Å². The minimum Gasteiger partial charge on any atom is -0.473 e. The maximum atomic E-state index is 5.92. The van der Waals surface area contributed by atoms with Gasteiger partial charge in [-0.2, -0.15) is 0 Å². The van der Waals surface area contributed by atoms with Crippen LogP contribution in [0.4, 0.5) is 0 Å². The van der Waals surface area contributed by atoms with Gasteiger partial charge in [0.05, 0.1) is 5.69 Å². The fraction of sp³-hybridized carbons (Fsp3) is 0.692. The number of hydrogen-bond acceptors (Lipinski definition) is 4. The van der Waals surface area contributed by atoms with Gasteiger partial charge in [-0.3, -0.25) is 4.98 Å². The van der Waals surface area contributed by atoms with Crippen molar-refractivity contribution in [3.05, 3.63) is 18.1 Å². The molecule has 1 saturated carbocycles. The van der Waals surface area contributed by atoms with Gasteiger partial charge in [0.2, 0.25) is 5.88 Å². The van der Waals surface area contributed by atoms with Crippen LogP contribution in [0.25, 0.3) is 0 Å². The molecule has 1 aliphatic rings. The largest absolute Gasteiger partial charge is 0.473 e. The fourth-order valence-corrected chi connectivity index (χ4v) is 2.35. The lowest BCUT2D eigenvalue weighted by Gasteiger charge is -2.32. The molecule has 0 spiro atoms. The fourth-order valence-electron chi connectivity index (χ4n) is 2.35. The number of hydrogen-bond donors (Lipinski definition) is 0. The van der Waals surface area contributed by atoms with Crippen LogP contribution in [0.3, 0.4) is 0 Å². The second-order valence-electron chi connectivity index (χ2n) is 4.96. The molecule has 0 radical (unpaired) electrons. The van der Waals surface area contributed by atoms with Crippen LogP contribution >= 0.6 is 0 Å². The summed E-state index contributed by atoms with van der Waals surface area (Å²) in [4.78, 5) is 10.7. The van der Waals surface area contributed by atoms with Gasteiger partial charge in [-0.1, -0.05) is 0 Å². The first-order valence-corrected chi connectivity index (χ1v) is 6.27. The lowest BCUT2D eigenvalue weighted by atomic mass is 9.92. The van der Waals surface area contributed by atoms with Crippen LogP contribution in [0, 0.1) is 6.92 Å². The van der Waals surface area contributed by atoms with Gasteiger partial charge >= 0.3 is 0 Å². The van der Waals surface area contributed by atoms with E-state index in [0.29, 0.717) is 18.0 Å². The third-order valence-corrected chi connectivity index (χ3v) is 3.49. The highest BCUT2D eigenvalue weighted by Crippen LogP contribution is 2.25. The van der Waals surface area contributed by atoms with E-state index in [0.717, 1.165) is 18.5 Å². The van der Waals surface area contributed by atoms with E-state index in [4.69, 9.17) is 4.74 Å². The average molecular weight is 235 g/mol. The van der Waals surface area contributed by atoms with Gasteiger partial charge in [-0.05, 0) is 46.7 Å². The van der Waals surface area contributed by atoms with Gasteiger partial charge in [-0.25, -0.2) is 4.98 Å². The zero-order valence-electron chi connectivity index (χ0n) is 10.9. The Kier molecular flexibility index (Phi) is 3.94. The topological polar surface area (TPSA) is 38.3 Å². The van der Waals surface area contributed by atoms with E-state index >= 15 is 0 Å². The van der Waals surface area contributed by atoms with Crippen molar-refractivity contribution in [2.45, 2.75) is 44.8 Å². The number of aromatic nitrogens is 2. The molecule has 0 unspecified atom stereocenters. The van der Waals surface area contributed by atoms with Crippen LogP contribution in [-0.4, -0.2) is 41.1 Å². The maximum absolute atomic E-state index is 5.92. The van der Waals surface area contributed by atoms with Crippen molar-refractivity contribution in [2.24, 2.45) is 0 Å². The highest BCUT2D eigenvalue weighted by atomic mass is 16.5. The van der Waals surface area contributed by atoms with Gasteiger partial charge in [-0.15, -0.1) is 0 Å². The van der Waals surface area contributed by atoms with Crippen LogP contribution in [0.2, 0.25) is 0 Å². The standard InChI is InChI=1S/C13H21N3O/c1-10-13(15-9-8-14-10)17-12-6-4-11(5-7-12)16(2)3/h8-9,11-12H,4-7H2,1-3H3. The van der Waals surface area contributed by atoms with Crippen molar-refractivity contribution in [3.8, 4) is 5.88 Å². The zero-order chi connectivity index (χ0) is 12.3. The lowest BCUT2D eigenvalue weighted by molar-refractivity contribution is 0.106. The van der Waals surface area contributed by atoms with E-state index in [1.165, 1.54) is 12.8 Å². The van der Waals surface area contributed by atoms with Crippen LogP contribution in [0.15, 0.2) is 12.4 Å². The van der Waals surface area contributed by atoms with Gasteiger partial charge in [0.1, 0.15) is 6.10 Å². The molecule has 94 valence electrons. The number of nitrogens with zero attached hydrogens (tertiary/aromatic N) is 3. The van der Waals surface area contributed by atoms with E-state index in [-0.39, 0.29) is 0 Å². The monoisotopic (exact) mass is 235 g/mol. The number of aryl methyl sites for hydroxylation is 1. The summed E-state index contributed by atoms with van der Waals surface area (Å²) < 4.78 is 5.92. The molecule has 0 amide bonds. The molecule has 0 saturated heterocycles. The Morgan fingerprint density at radius 2 is 1.76 bits per heavy atom. The van der Waals surface area contributed by atoms with E-state index < -0.39 is 0 Å². The molecule has 0 aliphatic heterocycles. The second kappa shape index (κ2) is 5.45. The maximum Gasteiger partial charge on any atom is 0.235 e. The number of ether oxygens (including phenoxy) is 1. The summed E-state index contributed by atoms with van der Waals surface area (Å²) in [6.07, 6.45) is 8.33. The molecule has 0 aromatic carbocycles. The van der Waals surface area contributed by atoms with Crippen molar-refractivity contribution in [2.75, 3.05) is 14.1 Å². The van der Waals surface area contributed by atoms with Gasteiger partial charge in [0.25, 0.3) is 0 Å². The molecule has 0 atom stereocenters. The number of rotatable bonds is 3. The average Bonchev–Trinajstić information content (AvgIpc) is 2.33. The first kappa shape index (κ1) is 12.3. The van der Waals surface area contributed by atoms with Gasteiger partial charge in [0.15, 0.2) is 0 Å².